The van der Waals surface area contributed by atoms with Crippen molar-refractivity contribution < 1.29 is 18.0 Å². The van der Waals surface area contributed by atoms with E-state index in [9.17, 15) is 18.0 Å². The minimum absolute atomic E-state index is 0.00612. The van der Waals surface area contributed by atoms with Gasteiger partial charge in [0.25, 0.3) is 0 Å². The summed E-state index contributed by atoms with van der Waals surface area (Å²) < 4.78 is 39.1. The van der Waals surface area contributed by atoms with E-state index in [-0.39, 0.29) is 11.9 Å². The van der Waals surface area contributed by atoms with Crippen molar-refractivity contribution in [2.24, 2.45) is 0 Å². The van der Waals surface area contributed by atoms with Crippen LogP contribution in [0, 0.1) is 6.92 Å². The van der Waals surface area contributed by atoms with Crippen LogP contribution in [0.1, 0.15) is 36.8 Å². The molecule has 7 heteroatoms. The molecule has 2 fully saturated rings. The van der Waals surface area contributed by atoms with Gasteiger partial charge in [0.1, 0.15) is 6.04 Å². The third kappa shape index (κ3) is 4.31. The normalized spacial score (nSPS) is 25.4. The number of nitrogens with one attached hydrogen (secondary N) is 1. The molecule has 2 aliphatic heterocycles. The Balaban J connectivity index is 1.73. The second-order valence-corrected chi connectivity index (χ2v) is 7.51. The Kier molecular flexibility index (Phi) is 5.46. The highest BCUT2D eigenvalue weighted by molar-refractivity contribution is 5.85. The number of hydrogen-bond acceptors (Lipinski definition) is 3. The highest BCUT2D eigenvalue weighted by Gasteiger charge is 2.35. The van der Waals surface area contributed by atoms with E-state index in [2.05, 4.69) is 17.3 Å². The summed E-state index contributed by atoms with van der Waals surface area (Å²) in [6, 6.07) is 3.62. The lowest BCUT2D eigenvalue weighted by molar-refractivity contribution is -0.138. The Labute approximate surface area is 152 Å². The minimum Gasteiger partial charge on any atom is -0.374 e. The van der Waals surface area contributed by atoms with Gasteiger partial charge in [0.2, 0.25) is 5.91 Å². The maximum Gasteiger partial charge on any atom is 0.416 e. The number of carbonyl (C=O) groups excluding carboxylic acids is 1. The summed E-state index contributed by atoms with van der Waals surface area (Å²) in [5.74, 6) is 0.00612. The predicted octanol–water partition coefficient (Wildman–Crippen LogP) is 3.51. The molecule has 0 saturated carbocycles. The van der Waals surface area contributed by atoms with E-state index in [1.807, 2.05) is 4.90 Å². The van der Waals surface area contributed by atoms with Gasteiger partial charge in [-0.05, 0) is 70.0 Å². The number of amides is 1. The summed E-state index contributed by atoms with van der Waals surface area (Å²) in [6.45, 7) is 4.27. The zero-order chi connectivity index (χ0) is 18.9. The van der Waals surface area contributed by atoms with Crippen LogP contribution in [0.25, 0.3) is 0 Å². The molecule has 3 rings (SSSR count). The minimum atomic E-state index is -4.39. The molecule has 2 heterocycles. The largest absolute Gasteiger partial charge is 0.416 e. The fourth-order valence-electron chi connectivity index (χ4n) is 4.02. The van der Waals surface area contributed by atoms with Gasteiger partial charge in [0.15, 0.2) is 0 Å². The first kappa shape index (κ1) is 19.0. The summed E-state index contributed by atoms with van der Waals surface area (Å²) in [5, 5.41) is 3.06. The van der Waals surface area contributed by atoms with E-state index in [1.165, 1.54) is 0 Å². The van der Waals surface area contributed by atoms with Crippen LogP contribution in [0.5, 0.6) is 0 Å². The number of nitrogens with zero attached hydrogens (tertiary/aromatic N) is 2. The van der Waals surface area contributed by atoms with Crippen LogP contribution >= 0.6 is 0 Å². The number of halogens is 3. The third-order valence-corrected chi connectivity index (χ3v) is 5.26. The highest BCUT2D eigenvalue weighted by atomic mass is 19.4. The first-order valence-corrected chi connectivity index (χ1v) is 9.18. The van der Waals surface area contributed by atoms with Gasteiger partial charge in [-0.25, -0.2) is 0 Å². The van der Waals surface area contributed by atoms with E-state index in [0.717, 1.165) is 51.0 Å². The molecule has 1 aromatic carbocycles. The Hall–Kier alpha value is -1.76. The van der Waals surface area contributed by atoms with Gasteiger partial charge in [0.05, 0.1) is 5.56 Å². The molecule has 0 bridgehead atoms. The molecule has 4 nitrogen and oxygen atoms in total. The molecular formula is C19H26F3N3O. The van der Waals surface area contributed by atoms with Gasteiger partial charge in [-0.15, -0.1) is 0 Å². The number of hydrogen-bond donors (Lipinski definition) is 1. The number of aryl methyl sites for hydroxylation is 1. The molecule has 2 aliphatic rings. The molecule has 1 N–H and O–H groups in total. The number of alkyl halides is 3. The molecule has 0 spiro atoms. The standard InChI is InChI=1S/C19H26F3N3O/c1-13-9-14(19(20,21)22)11-15(10-13)23-17-6-4-8-25(18(17)26)16-5-3-7-24(2)12-16/h9-11,16-17,23H,3-8,12H2,1-2H3. The molecule has 2 unspecified atom stereocenters. The summed E-state index contributed by atoms with van der Waals surface area (Å²) in [7, 11) is 2.06. The second kappa shape index (κ2) is 7.47. The van der Waals surface area contributed by atoms with Crippen molar-refractivity contribution in [1.29, 1.82) is 0 Å². The summed E-state index contributed by atoms with van der Waals surface area (Å²) >= 11 is 0. The highest BCUT2D eigenvalue weighted by Crippen LogP contribution is 2.32. The number of piperidine rings is 2. The zero-order valence-electron chi connectivity index (χ0n) is 15.3. The monoisotopic (exact) mass is 369 g/mol. The maximum absolute atomic E-state index is 13.0. The van der Waals surface area contributed by atoms with Crippen molar-refractivity contribution in [3.63, 3.8) is 0 Å². The summed E-state index contributed by atoms with van der Waals surface area (Å²) in [6.07, 6.45) is -0.826. The molecule has 0 radical (unpaired) electrons. The van der Waals surface area contributed by atoms with Crippen molar-refractivity contribution in [2.75, 3.05) is 32.0 Å². The van der Waals surface area contributed by atoms with Crippen LogP contribution in [0.3, 0.4) is 0 Å². The topological polar surface area (TPSA) is 35.6 Å². The van der Waals surface area contributed by atoms with Gasteiger partial charge < -0.3 is 15.1 Å². The first-order valence-electron chi connectivity index (χ1n) is 9.18. The quantitative estimate of drug-likeness (QED) is 0.886. The Morgan fingerprint density at radius 1 is 1.12 bits per heavy atom. The molecule has 1 aromatic rings. The summed E-state index contributed by atoms with van der Waals surface area (Å²) in [5.41, 5.74) is 0.198. The van der Waals surface area contributed by atoms with Gasteiger partial charge in [-0.1, -0.05) is 0 Å². The van der Waals surface area contributed by atoms with Gasteiger partial charge in [-0.3, -0.25) is 4.79 Å². The lowest BCUT2D eigenvalue weighted by atomic mass is 9.97. The van der Waals surface area contributed by atoms with E-state index in [0.29, 0.717) is 17.7 Å². The van der Waals surface area contributed by atoms with Crippen molar-refractivity contribution in [1.82, 2.24) is 9.80 Å². The van der Waals surface area contributed by atoms with E-state index in [4.69, 9.17) is 0 Å². The smallest absolute Gasteiger partial charge is 0.374 e. The number of anilines is 1. The van der Waals surface area contributed by atoms with Crippen LogP contribution in [0.15, 0.2) is 18.2 Å². The van der Waals surface area contributed by atoms with Crippen molar-refractivity contribution in [2.45, 2.75) is 50.9 Å². The fourth-order valence-corrected chi connectivity index (χ4v) is 4.02. The number of likely N-dealkylation sites (tertiary alicyclic amines) is 2. The van der Waals surface area contributed by atoms with Gasteiger partial charge in [-0.2, -0.15) is 13.2 Å². The number of carbonyl (C=O) groups is 1. The van der Waals surface area contributed by atoms with E-state index < -0.39 is 17.8 Å². The summed E-state index contributed by atoms with van der Waals surface area (Å²) in [4.78, 5) is 17.1. The van der Waals surface area contributed by atoms with Gasteiger partial charge >= 0.3 is 6.18 Å². The SMILES string of the molecule is Cc1cc(NC2CCCN(C3CCCN(C)C3)C2=O)cc(C(F)(F)F)c1. The maximum atomic E-state index is 13.0. The van der Waals surface area contributed by atoms with Crippen LogP contribution < -0.4 is 5.32 Å². The van der Waals surface area contributed by atoms with Crippen LogP contribution in [0.2, 0.25) is 0 Å². The Bertz CT molecular complexity index is 662. The van der Waals surface area contributed by atoms with Crippen molar-refractivity contribution in [3.8, 4) is 0 Å². The van der Waals surface area contributed by atoms with Crippen LogP contribution in [-0.2, 0) is 11.0 Å². The molecule has 2 saturated heterocycles. The van der Waals surface area contributed by atoms with Crippen molar-refractivity contribution in [3.05, 3.63) is 29.3 Å². The molecule has 0 aromatic heterocycles. The number of benzene rings is 1. The van der Waals surface area contributed by atoms with E-state index in [1.54, 1.807) is 13.0 Å². The number of likely N-dealkylation sites (N-methyl/N-ethyl adjacent to an activating group) is 1. The molecule has 0 aliphatic carbocycles. The average Bonchev–Trinajstić information content (AvgIpc) is 2.55. The van der Waals surface area contributed by atoms with Gasteiger partial charge in [0, 0.05) is 24.8 Å². The molecule has 2 atom stereocenters. The Morgan fingerprint density at radius 2 is 1.85 bits per heavy atom. The molecule has 26 heavy (non-hydrogen) atoms. The third-order valence-electron chi connectivity index (χ3n) is 5.26. The van der Waals surface area contributed by atoms with Crippen molar-refractivity contribution >= 4 is 11.6 Å². The van der Waals surface area contributed by atoms with Crippen LogP contribution in [-0.4, -0.2) is 54.5 Å². The lowest BCUT2D eigenvalue weighted by Gasteiger charge is -2.42. The lowest BCUT2D eigenvalue weighted by Crippen LogP contribution is -2.56. The first-order chi connectivity index (χ1) is 12.2. The fraction of sp³-hybridized carbons (Fsp3) is 0.632. The second-order valence-electron chi connectivity index (χ2n) is 7.51. The van der Waals surface area contributed by atoms with Crippen LogP contribution in [0.4, 0.5) is 18.9 Å². The predicted molar refractivity (Wildman–Crippen MR) is 95.1 cm³/mol. The number of rotatable bonds is 3. The van der Waals surface area contributed by atoms with E-state index >= 15 is 0 Å². The molecule has 144 valence electrons. The zero-order valence-corrected chi connectivity index (χ0v) is 15.3. The Morgan fingerprint density at radius 3 is 2.54 bits per heavy atom. The molecule has 1 amide bonds. The molecular weight excluding hydrogens is 343 g/mol. The average molecular weight is 369 g/mol.